The van der Waals surface area contributed by atoms with E-state index in [-0.39, 0.29) is 61.6 Å². The summed E-state index contributed by atoms with van der Waals surface area (Å²) < 4.78 is 52.2. The van der Waals surface area contributed by atoms with Gasteiger partial charge in [-0.3, -0.25) is 9.78 Å². The predicted molar refractivity (Wildman–Crippen MR) is 177 cm³/mol. The van der Waals surface area contributed by atoms with E-state index in [4.69, 9.17) is 35.2 Å². The number of nitrogens with one attached hydrogen (secondary N) is 3. The fourth-order valence-corrected chi connectivity index (χ4v) is 8.57. The highest BCUT2D eigenvalue weighted by atomic mass is 32.5. The van der Waals surface area contributed by atoms with Gasteiger partial charge in [-0.15, -0.1) is 14.5 Å². The molecule has 3 aromatic rings. The van der Waals surface area contributed by atoms with E-state index in [2.05, 4.69) is 40.9 Å². The van der Waals surface area contributed by atoms with Crippen molar-refractivity contribution in [3.63, 3.8) is 0 Å². The van der Waals surface area contributed by atoms with Crippen LogP contribution in [0.2, 0.25) is 0 Å². The van der Waals surface area contributed by atoms with E-state index in [1.807, 2.05) is 19.9 Å². The van der Waals surface area contributed by atoms with Gasteiger partial charge in [0.25, 0.3) is 5.56 Å². The average molecular weight is 744 g/mol. The molecule has 1 unspecified atom stereocenters. The summed E-state index contributed by atoms with van der Waals surface area (Å²) in [5.41, 5.74) is -0.267. The van der Waals surface area contributed by atoms with Gasteiger partial charge in [-0.2, -0.15) is 10.2 Å². The molecule has 2 aliphatic rings. The molecule has 0 amide bonds. The lowest BCUT2D eigenvalue weighted by molar-refractivity contribution is 0.0473. The molecule has 49 heavy (non-hydrogen) atoms. The maximum absolute atomic E-state index is 15.6. The average Bonchev–Trinajstić information content (AvgIpc) is 3.75. The smallest absolute Gasteiger partial charge is 0.396 e. The van der Waals surface area contributed by atoms with Gasteiger partial charge in [0, 0.05) is 29.8 Å². The zero-order chi connectivity index (χ0) is 35.1. The molecule has 5 rings (SSSR count). The molecule has 0 saturated heterocycles. The van der Waals surface area contributed by atoms with Crippen molar-refractivity contribution in [2.24, 2.45) is 17.8 Å². The quantitative estimate of drug-likeness (QED) is 0.0985. The summed E-state index contributed by atoms with van der Waals surface area (Å²) in [4.78, 5) is 37.4. The second kappa shape index (κ2) is 16.7. The molecule has 0 bridgehead atoms. The van der Waals surface area contributed by atoms with Crippen LogP contribution in [0.5, 0.6) is 0 Å². The van der Waals surface area contributed by atoms with E-state index in [1.54, 1.807) is 6.07 Å². The van der Waals surface area contributed by atoms with Crippen molar-refractivity contribution in [1.29, 1.82) is 5.26 Å². The number of nitrogens with zero attached hydrogens (tertiary/aromatic N) is 7. The van der Waals surface area contributed by atoms with E-state index in [9.17, 15) is 19.4 Å². The highest BCUT2D eigenvalue weighted by Gasteiger charge is 2.50. The van der Waals surface area contributed by atoms with Gasteiger partial charge in [0.2, 0.25) is 5.95 Å². The van der Waals surface area contributed by atoms with Gasteiger partial charge in [-0.05, 0) is 49.0 Å². The molecule has 0 aromatic carbocycles. The maximum Gasteiger partial charge on any atom is 0.695 e. The molecule has 9 atom stereocenters. The van der Waals surface area contributed by atoms with Crippen LogP contribution >= 0.6 is 15.0 Å². The van der Waals surface area contributed by atoms with E-state index in [0.717, 1.165) is 0 Å². The van der Waals surface area contributed by atoms with Crippen LogP contribution in [0.25, 0.3) is 11.2 Å². The van der Waals surface area contributed by atoms with Crippen molar-refractivity contribution < 1.29 is 37.1 Å². The Balaban J connectivity index is 1.38. The van der Waals surface area contributed by atoms with Crippen molar-refractivity contribution in [3.8, 4) is 6.07 Å². The van der Waals surface area contributed by atoms with Gasteiger partial charge in [0.05, 0.1) is 43.9 Å². The Morgan fingerprint density at radius 2 is 2.14 bits per heavy atom. The summed E-state index contributed by atoms with van der Waals surface area (Å²) in [5, 5.41) is 33.6. The molecule has 0 radical (unpaired) electrons. The third-order valence-corrected chi connectivity index (χ3v) is 11.0. The maximum atomic E-state index is 15.6. The Kier molecular flexibility index (Phi) is 12.7. The summed E-state index contributed by atoms with van der Waals surface area (Å²) >= 11 is 5.80. The van der Waals surface area contributed by atoms with Gasteiger partial charge in [-0.25, -0.2) is 19.0 Å². The van der Waals surface area contributed by atoms with Crippen LogP contribution in [0.1, 0.15) is 45.6 Å². The lowest BCUT2D eigenvalue weighted by atomic mass is 10.1. The van der Waals surface area contributed by atoms with E-state index in [0.29, 0.717) is 25.2 Å². The third-order valence-electron chi connectivity index (χ3n) is 8.18. The second-order valence-corrected chi connectivity index (χ2v) is 15.9. The molecule has 3 heterocycles. The summed E-state index contributed by atoms with van der Waals surface area (Å²) in [6, 6.07) is 2.09. The number of nitriles is 1. The SMILES string of the molecule is CC(C)CNc1nc2c(nnn2[C@@H]2C[C@H](CO)C[C@H]2O[P@@](=S)(OCCC#N)OC[C@H]2C[C@@H](Nc3ccncn3)[C@H](F)[C@@H]2O[P+](=O)O)c(=O)[nH]1. The third kappa shape index (κ3) is 9.37. The molecule has 2 aliphatic carbocycles. The normalized spacial score (nSPS) is 26.9. The van der Waals surface area contributed by atoms with E-state index < -0.39 is 56.9 Å². The number of aromatic amines is 1. The molecular weight excluding hydrogens is 705 g/mol. The molecule has 3 aromatic heterocycles. The number of fused-ring (bicyclic) bond motifs is 1. The molecule has 2 fully saturated rings. The Hall–Kier alpha value is -3.11. The number of halogens is 1. The molecule has 0 aliphatic heterocycles. The first-order chi connectivity index (χ1) is 23.5. The van der Waals surface area contributed by atoms with Crippen LogP contribution in [-0.2, 0) is 34.5 Å². The first kappa shape index (κ1) is 37.2. The minimum atomic E-state index is -3.71. The van der Waals surface area contributed by atoms with Gasteiger partial charge in [0.1, 0.15) is 12.1 Å². The van der Waals surface area contributed by atoms with Crippen LogP contribution in [0, 0.1) is 29.1 Å². The lowest BCUT2D eigenvalue weighted by Crippen LogP contribution is -2.33. The van der Waals surface area contributed by atoms with Crippen molar-refractivity contribution in [2.45, 2.75) is 70.0 Å². The number of aliphatic hydroxyl groups is 1. The minimum Gasteiger partial charge on any atom is -0.396 e. The van der Waals surface area contributed by atoms with Crippen LogP contribution < -0.4 is 16.2 Å². The van der Waals surface area contributed by atoms with Gasteiger partial charge >= 0.3 is 15.0 Å². The van der Waals surface area contributed by atoms with Crippen molar-refractivity contribution in [2.75, 3.05) is 37.0 Å². The van der Waals surface area contributed by atoms with E-state index in [1.165, 1.54) is 17.2 Å². The summed E-state index contributed by atoms with van der Waals surface area (Å²) in [6.07, 6.45) is -0.251. The highest BCUT2D eigenvalue weighted by molar-refractivity contribution is 8.07. The van der Waals surface area contributed by atoms with Crippen molar-refractivity contribution >= 4 is 49.7 Å². The zero-order valence-electron chi connectivity index (χ0n) is 26.7. The lowest BCUT2D eigenvalue weighted by Gasteiger charge is -2.29. The number of H-pyrrole nitrogens is 1. The summed E-state index contributed by atoms with van der Waals surface area (Å²) in [5.74, 6) is -0.126. The number of rotatable bonds is 17. The second-order valence-electron chi connectivity index (χ2n) is 12.2. The minimum absolute atomic E-state index is 0.0163. The van der Waals surface area contributed by atoms with Crippen molar-refractivity contribution in [3.05, 3.63) is 28.9 Å². The fraction of sp³-hybridized carbons (Fsp3) is 0.667. The Morgan fingerprint density at radius 3 is 2.84 bits per heavy atom. The predicted octanol–water partition coefficient (Wildman–Crippen LogP) is 2.75. The van der Waals surface area contributed by atoms with Crippen molar-refractivity contribution in [1.82, 2.24) is 34.9 Å². The molecule has 5 N–H and O–H groups in total. The number of hydrogen-bond acceptors (Lipinski definition) is 16. The molecule has 2 saturated carbocycles. The Labute approximate surface area is 286 Å². The highest BCUT2D eigenvalue weighted by Crippen LogP contribution is 2.56. The number of aromatic nitrogens is 7. The van der Waals surface area contributed by atoms with Gasteiger partial charge in [0.15, 0.2) is 23.4 Å². The monoisotopic (exact) mass is 743 g/mol. The van der Waals surface area contributed by atoms with Gasteiger partial charge < -0.3 is 29.3 Å². The number of aliphatic hydroxyl groups excluding tert-OH is 1. The molecule has 18 nitrogen and oxygen atoms in total. The molecular formula is C27H38FN10O8P2S+. The number of anilines is 2. The first-order valence-electron chi connectivity index (χ1n) is 15.6. The zero-order valence-corrected chi connectivity index (χ0v) is 29.3. The summed E-state index contributed by atoms with van der Waals surface area (Å²) in [6.45, 7) is 0.298. The largest absolute Gasteiger partial charge is 0.695 e. The standard InChI is InChI=1S/C27H37FN10O8P2S/c1-15(2)11-31-27-34-25-23(26(40)35-27)36-37-38(25)19-8-16(12-39)9-20(19)46-48(49,43-7-3-5-29)44-13-17-10-18(22(28)24(17)45-47(41)42)33-21-4-6-30-14-32-21/h4,6,14-20,22,24,39H,3,7-13H2,1-2H3,(H3-,30,31,32,33,34,35,37,40,41,42)/p+1/t16-,17+,18+,19+,20+,22-,24+,48+/m0/s1. The fourth-order valence-electron chi connectivity index (χ4n) is 5.89. The van der Waals surface area contributed by atoms with Crippen LogP contribution in [0.4, 0.5) is 16.2 Å². The van der Waals surface area contributed by atoms with Crippen LogP contribution in [0.15, 0.2) is 23.4 Å². The first-order valence-corrected chi connectivity index (χ1v) is 19.3. The topological polar surface area (TPSA) is 245 Å². The number of alkyl halides is 1. The Bertz CT molecular complexity index is 1730. The number of hydrogen-bond donors (Lipinski definition) is 5. The summed E-state index contributed by atoms with van der Waals surface area (Å²) in [7, 11) is -3.15. The molecule has 266 valence electrons. The van der Waals surface area contributed by atoms with E-state index >= 15 is 4.39 Å². The van der Waals surface area contributed by atoms with Crippen LogP contribution in [0.3, 0.4) is 0 Å². The van der Waals surface area contributed by atoms with Gasteiger partial charge in [-0.1, -0.05) is 19.1 Å². The molecule has 22 heteroatoms. The molecule has 0 spiro atoms. The van der Waals surface area contributed by atoms with Crippen LogP contribution in [-0.4, -0.2) is 95.7 Å². The Morgan fingerprint density at radius 1 is 1.33 bits per heavy atom.